The Morgan fingerprint density at radius 2 is 2.19 bits per heavy atom. The second-order valence-corrected chi connectivity index (χ2v) is 7.47. The maximum atomic E-state index is 12.4. The van der Waals surface area contributed by atoms with E-state index >= 15 is 0 Å². The van der Waals surface area contributed by atoms with Crippen molar-refractivity contribution in [2.24, 2.45) is 0 Å². The lowest BCUT2D eigenvalue weighted by atomic mass is 9.95. The maximum absolute atomic E-state index is 12.4. The second kappa shape index (κ2) is 5.91. The highest BCUT2D eigenvalue weighted by molar-refractivity contribution is 7.10. The molecule has 3 rings (SSSR count). The van der Waals surface area contributed by atoms with Crippen LogP contribution in [-0.4, -0.2) is 17.6 Å². The van der Waals surface area contributed by atoms with Crippen LogP contribution in [0.15, 0.2) is 22.2 Å². The first-order valence-electron chi connectivity index (χ1n) is 7.20. The Labute approximate surface area is 132 Å². The fraction of sp³-hybridized carbons (Fsp3) is 0.438. The minimum atomic E-state index is -1.02. The van der Waals surface area contributed by atoms with Crippen molar-refractivity contribution in [1.82, 2.24) is 5.32 Å². The maximum Gasteiger partial charge on any atom is 0.252 e. The van der Waals surface area contributed by atoms with Gasteiger partial charge in [-0.25, -0.2) is 0 Å². The highest BCUT2D eigenvalue weighted by Gasteiger charge is 2.26. The highest BCUT2D eigenvalue weighted by Crippen LogP contribution is 2.30. The fourth-order valence-corrected chi connectivity index (χ4v) is 4.61. The number of hydrogen-bond acceptors (Lipinski definition) is 4. The lowest BCUT2D eigenvalue weighted by Crippen LogP contribution is -2.38. The standard InChI is InChI=1S/C16H19NO2S2/c1-16(19,11-6-7-20-8-11)10-17-15(18)13-9-21-14-5-3-2-4-12(13)14/h6-9,19H,2-5,10H2,1H3,(H,17,18). The van der Waals surface area contributed by atoms with Crippen molar-refractivity contribution in [3.63, 3.8) is 0 Å². The smallest absolute Gasteiger partial charge is 0.252 e. The molecule has 5 heteroatoms. The number of carbonyl (C=O) groups excluding carboxylic acids is 1. The number of carbonyl (C=O) groups is 1. The number of aryl methyl sites for hydroxylation is 1. The summed E-state index contributed by atoms with van der Waals surface area (Å²) in [4.78, 5) is 13.7. The summed E-state index contributed by atoms with van der Waals surface area (Å²) < 4.78 is 0. The normalized spacial score (nSPS) is 17.0. The van der Waals surface area contributed by atoms with Gasteiger partial charge in [0.15, 0.2) is 0 Å². The van der Waals surface area contributed by atoms with Crippen molar-refractivity contribution in [3.8, 4) is 0 Å². The molecule has 0 saturated heterocycles. The quantitative estimate of drug-likeness (QED) is 0.907. The molecular weight excluding hydrogens is 302 g/mol. The molecule has 0 radical (unpaired) electrons. The predicted molar refractivity (Wildman–Crippen MR) is 87.2 cm³/mol. The lowest BCUT2D eigenvalue weighted by molar-refractivity contribution is 0.0530. The molecule has 0 aliphatic heterocycles. The number of rotatable bonds is 4. The fourth-order valence-electron chi connectivity index (χ4n) is 2.70. The van der Waals surface area contributed by atoms with Crippen LogP contribution in [-0.2, 0) is 18.4 Å². The highest BCUT2D eigenvalue weighted by atomic mass is 32.1. The van der Waals surface area contributed by atoms with Crippen LogP contribution < -0.4 is 5.32 Å². The molecule has 1 unspecified atom stereocenters. The second-order valence-electron chi connectivity index (χ2n) is 5.73. The van der Waals surface area contributed by atoms with Crippen LogP contribution >= 0.6 is 22.7 Å². The summed E-state index contributed by atoms with van der Waals surface area (Å²) >= 11 is 3.24. The van der Waals surface area contributed by atoms with Crippen molar-refractivity contribution in [1.29, 1.82) is 0 Å². The van der Waals surface area contributed by atoms with Crippen LogP contribution in [0.4, 0.5) is 0 Å². The van der Waals surface area contributed by atoms with Gasteiger partial charge in [0, 0.05) is 10.3 Å². The first-order valence-corrected chi connectivity index (χ1v) is 9.02. The zero-order valence-electron chi connectivity index (χ0n) is 12.0. The molecule has 0 fully saturated rings. The lowest BCUT2D eigenvalue weighted by Gasteiger charge is -2.23. The van der Waals surface area contributed by atoms with Gasteiger partial charge in [-0.3, -0.25) is 4.79 Å². The van der Waals surface area contributed by atoms with Gasteiger partial charge in [-0.1, -0.05) is 0 Å². The monoisotopic (exact) mass is 321 g/mol. The topological polar surface area (TPSA) is 49.3 Å². The molecule has 0 saturated carbocycles. The van der Waals surface area contributed by atoms with E-state index in [-0.39, 0.29) is 12.5 Å². The number of nitrogens with one attached hydrogen (secondary N) is 1. The van der Waals surface area contributed by atoms with Gasteiger partial charge in [0.25, 0.3) is 5.91 Å². The average molecular weight is 321 g/mol. The van der Waals surface area contributed by atoms with E-state index in [1.54, 1.807) is 29.6 Å². The molecule has 0 bridgehead atoms. The van der Waals surface area contributed by atoms with Gasteiger partial charge >= 0.3 is 0 Å². The molecule has 3 nitrogen and oxygen atoms in total. The summed E-state index contributed by atoms with van der Waals surface area (Å²) in [6, 6.07) is 1.89. The van der Waals surface area contributed by atoms with E-state index in [1.807, 2.05) is 22.2 Å². The minimum Gasteiger partial charge on any atom is -0.384 e. The SMILES string of the molecule is CC(O)(CNC(=O)c1csc2c1CCCC2)c1ccsc1. The first kappa shape index (κ1) is 14.8. The summed E-state index contributed by atoms with van der Waals surface area (Å²) in [6.45, 7) is 1.96. The van der Waals surface area contributed by atoms with Crippen molar-refractivity contribution in [2.45, 2.75) is 38.2 Å². The average Bonchev–Trinajstić information content (AvgIpc) is 3.14. The largest absolute Gasteiger partial charge is 0.384 e. The zero-order valence-corrected chi connectivity index (χ0v) is 13.6. The summed E-state index contributed by atoms with van der Waals surface area (Å²) in [5, 5.41) is 19.1. The van der Waals surface area contributed by atoms with Gasteiger partial charge in [-0.05, 0) is 60.6 Å². The molecule has 1 aliphatic rings. The molecule has 1 amide bonds. The van der Waals surface area contributed by atoms with E-state index < -0.39 is 5.60 Å². The molecule has 2 aromatic heterocycles. The number of fused-ring (bicyclic) bond motifs is 1. The van der Waals surface area contributed by atoms with Gasteiger partial charge in [-0.2, -0.15) is 11.3 Å². The molecule has 2 N–H and O–H groups in total. The molecule has 0 aromatic carbocycles. The molecular formula is C16H19NO2S2. The third-order valence-electron chi connectivity index (χ3n) is 4.04. The van der Waals surface area contributed by atoms with Gasteiger partial charge in [-0.15, -0.1) is 11.3 Å². The van der Waals surface area contributed by atoms with E-state index in [2.05, 4.69) is 5.32 Å². The van der Waals surface area contributed by atoms with E-state index in [4.69, 9.17) is 0 Å². The van der Waals surface area contributed by atoms with E-state index in [0.717, 1.165) is 30.4 Å². The molecule has 0 spiro atoms. The van der Waals surface area contributed by atoms with E-state index in [0.29, 0.717) is 0 Å². The van der Waals surface area contributed by atoms with E-state index in [1.165, 1.54) is 16.9 Å². The Balaban J connectivity index is 1.68. The van der Waals surface area contributed by atoms with Crippen LogP contribution in [0.3, 0.4) is 0 Å². The Kier molecular flexibility index (Phi) is 4.15. The Morgan fingerprint density at radius 1 is 1.38 bits per heavy atom. The van der Waals surface area contributed by atoms with Crippen LogP contribution in [0.2, 0.25) is 0 Å². The Bertz CT molecular complexity index is 629. The third-order valence-corrected chi connectivity index (χ3v) is 5.81. The summed E-state index contributed by atoms with van der Waals surface area (Å²) in [7, 11) is 0. The number of thiophene rings is 2. The Hall–Kier alpha value is -1.17. The van der Waals surface area contributed by atoms with Gasteiger partial charge < -0.3 is 10.4 Å². The third kappa shape index (κ3) is 3.05. The van der Waals surface area contributed by atoms with Crippen LogP contribution in [0.25, 0.3) is 0 Å². The van der Waals surface area contributed by atoms with Crippen molar-refractivity contribution >= 4 is 28.6 Å². The minimum absolute atomic E-state index is 0.0649. The first-order chi connectivity index (χ1) is 10.1. The number of amides is 1. The van der Waals surface area contributed by atoms with Crippen molar-refractivity contribution < 1.29 is 9.90 Å². The zero-order chi connectivity index (χ0) is 14.9. The van der Waals surface area contributed by atoms with Crippen LogP contribution in [0.1, 0.15) is 46.1 Å². The molecule has 1 atom stereocenters. The van der Waals surface area contributed by atoms with Crippen LogP contribution in [0.5, 0.6) is 0 Å². The van der Waals surface area contributed by atoms with E-state index in [9.17, 15) is 9.90 Å². The summed E-state index contributed by atoms with van der Waals surface area (Å²) in [5.74, 6) is -0.0649. The summed E-state index contributed by atoms with van der Waals surface area (Å²) in [6.07, 6.45) is 4.49. The molecule has 112 valence electrons. The Morgan fingerprint density at radius 3 is 2.95 bits per heavy atom. The van der Waals surface area contributed by atoms with Gasteiger partial charge in [0.1, 0.15) is 5.60 Å². The van der Waals surface area contributed by atoms with Crippen molar-refractivity contribution in [3.05, 3.63) is 43.8 Å². The summed E-state index contributed by atoms with van der Waals surface area (Å²) in [5.41, 5.74) is 1.85. The number of hydrogen-bond donors (Lipinski definition) is 2. The van der Waals surface area contributed by atoms with Crippen molar-refractivity contribution in [2.75, 3.05) is 6.54 Å². The number of aliphatic hydroxyl groups is 1. The van der Waals surface area contributed by atoms with Gasteiger partial charge in [0.05, 0.1) is 12.1 Å². The molecule has 2 aromatic rings. The molecule has 21 heavy (non-hydrogen) atoms. The molecule has 1 aliphatic carbocycles. The van der Waals surface area contributed by atoms with Gasteiger partial charge in [0.2, 0.25) is 0 Å². The van der Waals surface area contributed by atoms with Crippen LogP contribution in [0, 0.1) is 0 Å². The molecule has 2 heterocycles. The predicted octanol–water partition coefficient (Wildman–Crippen LogP) is 3.33.